The van der Waals surface area contributed by atoms with Crippen molar-refractivity contribution in [1.82, 2.24) is 10.2 Å². The molecule has 0 saturated heterocycles. The van der Waals surface area contributed by atoms with E-state index in [0.29, 0.717) is 24.4 Å². The Balaban J connectivity index is 2.81. The van der Waals surface area contributed by atoms with Gasteiger partial charge in [-0.25, -0.2) is 0 Å². The molecule has 1 aromatic rings. The number of amides is 1. The van der Waals surface area contributed by atoms with E-state index in [4.69, 9.17) is 4.74 Å². The second kappa shape index (κ2) is 6.76. The first-order valence-electron chi connectivity index (χ1n) is 5.62. The van der Waals surface area contributed by atoms with Crippen LogP contribution in [0.5, 0.6) is 5.75 Å². The van der Waals surface area contributed by atoms with E-state index in [0.717, 1.165) is 11.8 Å². The first-order chi connectivity index (χ1) is 8.60. The Kier molecular flexibility index (Phi) is 5.32. The number of nitrogens with zero attached hydrogens (tertiary/aromatic N) is 1. The molecule has 0 saturated carbocycles. The summed E-state index contributed by atoms with van der Waals surface area (Å²) < 4.78 is 5.23. The van der Waals surface area contributed by atoms with Crippen molar-refractivity contribution in [2.45, 2.75) is 6.54 Å². The van der Waals surface area contributed by atoms with Crippen molar-refractivity contribution < 1.29 is 14.3 Å². The zero-order valence-electron chi connectivity index (χ0n) is 10.9. The molecule has 1 N–H and O–H groups in total. The van der Waals surface area contributed by atoms with Gasteiger partial charge in [-0.1, -0.05) is 0 Å². The molecule has 0 aliphatic rings. The number of likely N-dealkylation sites (N-methyl/N-ethyl adjacent to an activating group) is 2. The Hall–Kier alpha value is -1.88. The minimum Gasteiger partial charge on any atom is -0.496 e. The van der Waals surface area contributed by atoms with Gasteiger partial charge in [0, 0.05) is 24.7 Å². The Morgan fingerprint density at radius 2 is 2.22 bits per heavy atom. The van der Waals surface area contributed by atoms with E-state index in [1.807, 2.05) is 11.9 Å². The molecule has 5 nitrogen and oxygen atoms in total. The summed E-state index contributed by atoms with van der Waals surface area (Å²) in [5, 5.41) is 2.56. The predicted molar refractivity (Wildman–Crippen MR) is 68.8 cm³/mol. The normalized spacial score (nSPS) is 10.2. The summed E-state index contributed by atoms with van der Waals surface area (Å²) >= 11 is 0. The van der Waals surface area contributed by atoms with Gasteiger partial charge in [-0.3, -0.25) is 14.5 Å². The minimum absolute atomic E-state index is 0.0528. The molecule has 1 aromatic carbocycles. The van der Waals surface area contributed by atoms with Gasteiger partial charge in [0.05, 0.1) is 13.7 Å². The van der Waals surface area contributed by atoms with Crippen molar-refractivity contribution in [3.63, 3.8) is 0 Å². The van der Waals surface area contributed by atoms with Crippen LogP contribution < -0.4 is 10.1 Å². The van der Waals surface area contributed by atoms with E-state index in [-0.39, 0.29) is 5.91 Å². The lowest BCUT2D eigenvalue weighted by molar-refractivity contribution is -0.121. The molecule has 0 unspecified atom stereocenters. The molecule has 5 heteroatoms. The van der Waals surface area contributed by atoms with Crippen LogP contribution in [0.1, 0.15) is 15.9 Å². The van der Waals surface area contributed by atoms with Crippen molar-refractivity contribution in [2.24, 2.45) is 0 Å². The van der Waals surface area contributed by atoms with Crippen molar-refractivity contribution in [3.8, 4) is 5.75 Å². The van der Waals surface area contributed by atoms with Gasteiger partial charge in [0.15, 0.2) is 0 Å². The second-order valence-corrected chi connectivity index (χ2v) is 4.03. The van der Waals surface area contributed by atoms with E-state index in [2.05, 4.69) is 5.32 Å². The fourth-order valence-corrected chi connectivity index (χ4v) is 1.67. The fraction of sp³-hybridized carbons (Fsp3) is 0.385. The summed E-state index contributed by atoms with van der Waals surface area (Å²) in [5.41, 5.74) is 1.48. The summed E-state index contributed by atoms with van der Waals surface area (Å²) in [7, 11) is 5.02. The second-order valence-electron chi connectivity index (χ2n) is 4.03. The largest absolute Gasteiger partial charge is 0.496 e. The van der Waals surface area contributed by atoms with Crippen LogP contribution in [0.3, 0.4) is 0 Å². The lowest BCUT2D eigenvalue weighted by Crippen LogP contribution is -2.32. The van der Waals surface area contributed by atoms with E-state index in [1.54, 1.807) is 32.4 Å². The molecular weight excluding hydrogens is 232 g/mol. The Morgan fingerprint density at radius 3 is 2.78 bits per heavy atom. The lowest BCUT2D eigenvalue weighted by atomic mass is 10.1. The number of methoxy groups -OCH3 is 1. The average Bonchev–Trinajstić information content (AvgIpc) is 2.38. The molecule has 98 valence electrons. The molecule has 0 aliphatic carbocycles. The van der Waals surface area contributed by atoms with Gasteiger partial charge in [-0.15, -0.1) is 0 Å². The molecule has 18 heavy (non-hydrogen) atoms. The SMILES string of the molecule is CNC(=O)CN(C)Cc1cc(C=O)ccc1OC. The maximum absolute atomic E-state index is 11.2. The van der Waals surface area contributed by atoms with E-state index >= 15 is 0 Å². The third-order valence-electron chi connectivity index (χ3n) is 2.57. The molecule has 1 rings (SSSR count). The van der Waals surface area contributed by atoms with Crippen LogP contribution >= 0.6 is 0 Å². The minimum atomic E-state index is -0.0528. The van der Waals surface area contributed by atoms with Gasteiger partial charge in [-0.2, -0.15) is 0 Å². The smallest absolute Gasteiger partial charge is 0.233 e. The standard InChI is InChI=1S/C13H18N2O3/c1-14-13(17)8-15(2)7-11-6-10(9-16)4-5-12(11)18-3/h4-6,9H,7-8H2,1-3H3,(H,14,17). The lowest BCUT2D eigenvalue weighted by Gasteiger charge is -2.17. The Labute approximate surface area is 107 Å². The Bertz CT molecular complexity index is 432. The number of ether oxygens (including phenoxy) is 1. The number of benzene rings is 1. The molecule has 0 heterocycles. The fourth-order valence-electron chi connectivity index (χ4n) is 1.67. The molecule has 0 aliphatic heterocycles. The van der Waals surface area contributed by atoms with Gasteiger partial charge in [-0.05, 0) is 25.2 Å². The number of rotatable bonds is 6. The first-order valence-corrected chi connectivity index (χ1v) is 5.62. The van der Waals surface area contributed by atoms with Gasteiger partial charge in [0.1, 0.15) is 12.0 Å². The van der Waals surface area contributed by atoms with Gasteiger partial charge >= 0.3 is 0 Å². The molecule has 1 amide bonds. The molecule has 0 radical (unpaired) electrons. The monoisotopic (exact) mass is 250 g/mol. The first kappa shape index (κ1) is 14.2. The molecule has 0 aromatic heterocycles. The quantitative estimate of drug-likeness (QED) is 0.754. The van der Waals surface area contributed by atoms with Crippen LogP contribution in [0.25, 0.3) is 0 Å². The highest BCUT2D eigenvalue weighted by Crippen LogP contribution is 2.20. The van der Waals surface area contributed by atoms with E-state index < -0.39 is 0 Å². The van der Waals surface area contributed by atoms with Crippen molar-refractivity contribution >= 4 is 12.2 Å². The van der Waals surface area contributed by atoms with E-state index in [9.17, 15) is 9.59 Å². The summed E-state index contributed by atoms with van der Waals surface area (Å²) in [6, 6.07) is 5.23. The zero-order valence-corrected chi connectivity index (χ0v) is 10.9. The van der Waals surface area contributed by atoms with Crippen molar-refractivity contribution in [1.29, 1.82) is 0 Å². The molecule has 0 bridgehead atoms. The number of carbonyl (C=O) groups excluding carboxylic acids is 2. The summed E-state index contributed by atoms with van der Waals surface area (Å²) in [6.07, 6.45) is 0.793. The number of hydrogen-bond acceptors (Lipinski definition) is 4. The molecule has 0 atom stereocenters. The van der Waals surface area contributed by atoms with Crippen LogP contribution in [-0.2, 0) is 11.3 Å². The highest BCUT2D eigenvalue weighted by atomic mass is 16.5. The maximum Gasteiger partial charge on any atom is 0.233 e. The summed E-state index contributed by atoms with van der Waals surface area (Å²) in [4.78, 5) is 23.9. The molecular formula is C13H18N2O3. The molecule has 0 spiro atoms. The number of carbonyl (C=O) groups is 2. The predicted octanol–water partition coefficient (Wildman–Crippen LogP) is 0.685. The maximum atomic E-state index is 11.2. The highest BCUT2D eigenvalue weighted by molar-refractivity contribution is 5.77. The molecule has 0 fully saturated rings. The zero-order chi connectivity index (χ0) is 13.5. The third kappa shape index (κ3) is 3.85. The van der Waals surface area contributed by atoms with Crippen LogP contribution in [0.4, 0.5) is 0 Å². The highest BCUT2D eigenvalue weighted by Gasteiger charge is 2.09. The average molecular weight is 250 g/mol. The Morgan fingerprint density at radius 1 is 1.50 bits per heavy atom. The number of aldehydes is 1. The topological polar surface area (TPSA) is 58.6 Å². The number of hydrogen-bond donors (Lipinski definition) is 1. The van der Waals surface area contributed by atoms with Gasteiger partial charge in [0.25, 0.3) is 0 Å². The van der Waals surface area contributed by atoms with Crippen LogP contribution in [0.15, 0.2) is 18.2 Å². The van der Waals surface area contributed by atoms with Crippen LogP contribution in [0, 0.1) is 0 Å². The van der Waals surface area contributed by atoms with Crippen molar-refractivity contribution in [3.05, 3.63) is 29.3 Å². The third-order valence-corrected chi connectivity index (χ3v) is 2.57. The van der Waals surface area contributed by atoms with Crippen LogP contribution in [0.2, 0.25) is 0 Å². The summed E-state index contributed by atoms with van der Waals surface area (Å²) in [6.45, 7) is 0.837. The van der Waals surface area contributed by atoms with Crippen LogP contribution in [-0.4, -0.2) is 44.8 Å². The van der Waals surface area contributed by atoms with Gasteiger partial charge in [0.2, 0.25) is 5.91 Å². The van der Waals surface area contributed by atoms with E-state index in [1.165, 1.54) is 0 Å². The summed E-state index contributed by atoms with van der Waals surface area (Å²) in [5.74, 6) is 0.660. The van der Waals surface area contributed by atoms with Gasteiger partial charge < -0.3 is 10.1 Å². The van der Waals surface area contributed by atoms with Crippen molar-refractivity contribution in [2.75, 3.05) is 27.7 Å². The number of nitrogens with one attached hydrogen (secondary N) is 1.